The van der Waals surface area contributed by atoms with Gasteiger partial charge in [0.05, 0.1) is 0 Å². The van der Waals surface area contributed by atoms with Crippen molar-refractivity contribution in [3.05, 3.63) is 36.9 Å². The van der Waals surface area contributed by atoms with E-state index in [2.05, 4.69) is 30.6 Å². The normalized spacial score (nSPS) is 21.1. The van der Waals surface area contributed by atoms with Crippen molar-refractivity contribution in [3.63, 3.8) is 0 Å². The highest BCUT2D eigenvalue weighted by Crippen LogP contribution is 2.28. The monoisotopic (exact) mass is 427 g/mol. The summed E-state index contributed by atoms with van der Waals surface area (Å²) in [5, 5.41) is 11.0. The first-order valence-electron chi connectivity index (χ1n) is 9.32. The van der Waals surface area contributed by atoms with Crippen LogP contribution in [0.5, 0.6) is 0 Å². The minimum absolute atomic E-state index is 0. The van der Waals surface area contributed by atoms with Gasteiger partial charge in [-0.2, -0.15) is 5.10 Å². The average Bonchev–Trinajstić information content (AvgIpc) is 3.25. The molecule has 0 bridgehead atoms. The highest BCUT2D eigenvalue weighted by molar-refractivity contribution is 5.86. The van der Waals surface area contributed by atoms with Gasteiger partial charge in [-0.1, -0.05) is 0 Å². The number of aromatic nitrogens is 4. The van der Waals surface area contributed by atoms with Gasteiger partial charge < -0.3 is 15.5 Å². The smallest absolute Gasteiger partial charge is 0.248 e. The van der Waals surface area contributed by atoms with Crippen molar-refractivity contribution in [3.8, 4) is 0 Å². The number of halogens is 2. The van der Waals surface area contributed by atoms with Crippen molar-refractivity contribution in [1.29, 1.82) is 0 Å². The first-order valence-corrected chi connectivity index (χ1v) is 9.32. The summed E-state index contributed by atoms with van der Waals surface area (Å²) >= 11 is 0. The third-order valence-corrected chi connectivity index (χ3v) is 5.39. The molecule has 1 atom stereocenters. The van der Waals surface area contributed by atoms with Crippen LogP contribution in [0.3, 0.4) is 0 Å². The fourth-order valence-corrected chi connectivity index (χ4v) is 3.97. The Morgan fingerprint density at radius 2 is 1.89 bits per heavy atom. The number of anilines is 1. The van der Waals surface area contributed by atoms with E-state index in [4.69, 9.17) is 0 Å². The van der Waals surface area contributed by atoms with Gasteiger partial charge in [0.2, 0.25) is 11.9 Å². The Labute approximate surface area is 177 Å². The number of rotatable bonds is 4. The summed E-state index contributed by atoms with van der Waals surface area (Å²) in [7, 11) is 0. The highest BCUT2D eigenvalue weighted by Gasteiger charge is 2.43. The van der Waals surface area contributed by atoms with Crippen LogP contribution >= 0.6 is 24.8 Å². The molecular formula is C18H27Cl2N7O. The van der Waals surface area contributed by atoms with Crippen LogP contribution in [-0.4, -0.2) is 57.9 Å². The SMILES string of the molecule is Cl.Cl.O=C(NC1CCCN(c2ncccn2)C1)C1(n2cccn2)CCNCC1. The van der Waals surface area contributed by atoms with Crippen LogP contribution in [0.15, 0.2) is 36.9 Å². The van der Waals surface area contributed by atoms with Crippen LogP contribution in [0, 0.1) is 0 Å². The van der Waals surface area contributed by atoms with Crippen molar-refractivity contribution in [2.45, 2.75) is 37.3 Å². The molecule has 0 aromatic carbocycles. The van der Waals surface area contributed by atoms with Gasteiger partial charge in [-0.15, -0.1) is 24.8 Å². The number of carbonyl (C=O) groups is 1. The van der Waals surface area contributed by atoms with Crippen molar-refractivity contribution in [2.75, 3.05) is 31.1 Å². The molecule has 1 amide bonds. The van der Waals surface area contributed by atoms with Gasteiger partial charge in [-0.25, -0.2) is 9.97 Å². The average molecular weight is 428 g/mol. The van der Waals surface area contributed by atoms with Gasteiger partial charge in [-0.3, -0.25) is 9.48 Å². The Morgan fingerprint density at radius 1 is 1.14 bits per heavy atom. The van der Waals surface area contributed by atoms with E-state index in [0.717, 1.165) is 57.8 Å². The molecule has 1 unspecified atom stereocenters. The zero-order chi connectivity index (χ0) is 17.8. The van der Waals surface area contributed by atoms with E-state index in [1.54, 1.807) is 18.6 Å². The molecule has 2 aromatic rings. The molecule has 154 valence electrons. The lowest BCUT2D eigenvalue weighted by Crippen LogP contribution is -2.58. The Kier molecular flexibility index (Phi) is 8.03. The molecule has 2 fully saturated rings. The van der Waals surface area contributed by atoms with Gasteiger partial charge in [0.1, 0.15) is 5.54 Å². The molecule has 0 spiro atoms. The van der Waals surface area contributed by atoms with Crippen LogP contribution in [0.25, 0.3) is 0 Å². The molecule has 0 aliphatic carbocycles. The zero-order valence-corrected chi connectivity index (χ0v) is 17.3. The summed E-state index contributed by atoms with van der Waals surface area (Å²) < 4.78 is 1.84. The minimum Gasteiger partial charge on any atom is -0.349 e. The van der Waals surface area contributed by atoms with Crippen molar-refractivity contribution in [2.24, 2.45) is 0 Å². The summed E-state index contributed by atoms with van der Waals surface area (Å²) in [6.07, 6.45) is 10.6. The molecule has 8 nitrogen and oxygen atoms in total. The lowest BCUT2D eigenvalue weighted by molar-refractivity contribution is -0.132. The fourth-order valence-electron chi connectivity index (χ4n) is 3.97. The van der Waals surface area contributed by atoms with Crippen LogP contribution in [0.1, 0.15) is 25.7 Å². The summed E-state index contributed by atoms with van der Waals surface area (Å²) in [6, 6.07) is 3.80. The van der Waals surface area contributed by atoms with Gasteiger partial charge >= 0.3 is 0 Å². The first-order chi connectivity index (χ1) is 12.8. The van der Waals surface area contributed by atoms with E-state index < -0.39 is 5.54 Å². The molecule has 2 saturated heterocycles. The molecule has 0 saturated carbocycles. The van der Waals surface area contributed by atoms with Gasteiger partial charge in [-0.05, 0) is 50.9 Å². The van der Waals surface area contributed by atoms with E-state index in [1.807, 2.05) is 23.0 Å². The maximum Gasteiger partial charge on any atom is 0.248 e. The largest absolute Gasteiger partial charge is 0.349 e. The quantitative estimate of drug-likeness (QED) is 0.765. The van der Waals surface area contributed by atoms with Crippen LogP contribution in [-0.2, 0) is 10.3 Å². The molecule has 2 aromatic heterocycles. The van der Waals surface area contributed by atoms with E-state index >= 15 is 0 Å². The zero-order valence-electron chi connectivity index (χ0n) is 15.7. The molecule has 4 rings (SSSR count). The van der Waals surface area contributed by atoms with Crippen LogP contribution in [0.2, 0.25) is 0 Å². The summed E-state index contributed by atoms with van der Waals surface area (Å²) in [4.78, 5) is 24.1. The first kappa shape index (κ1) is 22.4. The molecule has 2 aliphatic heterocycles. The number of carbonyl (C=O) groups excluding carboxylic acids is 1. The standard InChI is InChI=1S/C18H25N7O.2ClH/c26-16(18(5-10-19-11-6-18)25-13-3-9-22-25)23-15-4-1-12-24(14-15)17-20-7-2-8-21-17;;/h2-3,7-9,13,15,19H,1,4-6,10-12,14H2,(H,23,26);2*1H. The number of piperidine rings is 2. The van der Waals surface area contributed by atoms with E-state index in [9.17, 15) is 4.79 Å². The molecule has 10 heteroatoms. The predicted molar refractivity (Wildman–Crippen MR) is 112 cm³/mol. The molecule has 2 aliphatic rings. The number of hydrogen-bond donors (Lipinski definition) is 2. The Bertz CT molecular complexity index is 723. The van der Waals surface area contributed by atoms with E-state index in [0.29, 0.717) is 0 Å². The van der Waals surface area contributed by atoms with Gasteiger partial charge in [0, 0.05) is 43.9 Å². The number of hydrogen-bond acceptors (Lipinski definition) is 6. The second kappa shape index (κ2) is 10.0. The maximum absolute atomic E-state index is 13.3. The lowest BCUT2D eigenvalue weighted by Gasteiger charge is -2.39. The van der Waals surface area contributed by atoms with Crippen LogP contribution in [0.4, 0.5) is 5.95 Å². The Morgan fingerprint density at radius 3 is 2.57 bits per heavy atom. The van der Waals surface area contributed by atoms with Crippen molar-refractivity contribution < 1.29 is 4.79 Å². The minimum atomic E-state index is -0.597. The fraction of sp³-hybridized carbons (Fsp3) is 0.556. The number of nitrogens with one attached hydrogen (secondary N) is 2. The van der Waals surface area contributed by atoms with Crippen LogP contribution < -0.4 is 15.5 Å². The third kappa shape index (κ3) is 4.56. The molecule has 28 heavy (non-hydrogen) atoms. The second-order valence-electron chi connectivity index (χ2n) is 7.04. The Hall–Kier alpha value is -1.90. The van der Waals surface area contributed by atoms with Crippen molar-refractivity contribution in [1.82, 2.24) is 30.4 Å². The molecule has 4 heterocycles. The molecule has 2 N–H and O–H groups in total. The van der Waals surface area contributed by atoms with Gasteiger partial charge in [0.15, 0.2) is 0 Å². The Balaban J connectivity index is 0.00000140. The lowest BCUT2D eigenvalue weighted by atomic mass is 9.87. The maximum atomic E-state index is 13.3. The number of nitrogens with zero attached hydrogens (tertiary/aromatic N) is 5. The topological polar surface area (TPSA) is 88.0 Å². The van der Waals surface area contributed by atoms with Crippen molar-refractivity contribution >= 4 is 36.7 Å². The summed E-state index contributed by atoms with van der Waals surface area (Å²) in [5.74, 6) is 0.804. The third-order valence-electron chi connectivity index (χ3n) is 5.39. The molecule has 0 radical (unpaired) electrons. The van der Waals surface area contributed by atoms with E-state index in [1.165, 1.54) is 0 Å². The predicted octanol–water partition coefficient (Wildman–Crippen LogP) is 1.38. The van der Waals surface area contributed by atoms with Gasteiger partial charge in [0.25, 0.3) is 0 Å². The van der Waals surface area contributed by atoms with E-state index in [-0.39, 0.29) is 36.8 Å². The molecular weight excluding hydrogens is 401 g/mol. The second-order valence-corrected chi connectivity index (χ2v) is 7.04. The summed E-state index contributed by atoms with van der Waals surface area (Å²) in [5.41, 5.74) is -0.597. The summed E-state index contributed by atoms with van der Waals surface area (Å²) in [6.45, 7) is 3.30. The number of amides is 1. The highest BCUT2D eigenvalue weighted by atomic mass is 35.5.